The molecule has 5 rings (SSSR count). The number of carbonyl (C=O) groups excluding carboxylic acids is 2. The Bertz CT molecular complexity index is 907. The normalized spacial score (nSPS) is 28.9. The molecule has 3 amide bonds. The second-order valence-corrected chi connectivity index (χ2v) is 8.59. The molecule has 2 aliphatic heterocycles. The van der Waals surface area contributed by atoms with E-state index < -0.39 is 5.54 Å². The van der Waals surface area contributed by atoms with Gasteiger partial charge in [-0.2, -0.15) is 5.26 Å². The Labute approximate surface area is 157 Å². The highest BCUT2D eigenvalue weighted by molar-refractivity contribution is 6.06. The number of hydrogen-bond donors (Lipinski definition) is 1. The zero-order valence-electron chi connectivity index (χ0n) is 15.4. The van der Waals surface area contributed by atoms with Crippen LogP contribution in [0.4, 0.5) is 4.79 Å². The van der Waals surface area contributed by atoms with Gasteiger partial charge in [-0.25, -0.2) is 4.79 Å². The Morgan fingerprint density at radius 2 is 2.04 bits per heavy atom. The third kappa shape index (κ3) is 2.25. The monoisotopic (exact) mass is 367 g/mol. The number of carbonyl (C=O) groups is 2. The maximum atomic E-state index is 12.4. The molecule has 4 aliphatic rings. The first-order valence-corrected chi connectivity index (χ1v) is 9.37. The Balaban J connectivity index is 1.32. The van der Waals surface area contributed by atoms with Crippen molar-refractivity contribution in [3.8, 4) is 17.6 Å². The van der Waals surface area contributed by atoms with Crippen LogP contribution >= 0.6 is 0 Å². The van der Waals surface area contributed by atoms with Crippen molar-refractivity contribution in [1.82, 2.24) is 10.2 Å². The SMILES string of the molecule is CC1(C)NC(=O)N([C@H]2C[C@H](Oc3ccc(C#N)c4c3C3(CC3)CO4)C2)C1=O. The van der Waals surface area contributed by atoms with Crippen molar-refractivity contribution >= 4 is 11.9 Å². The molecule has 1 spiro atoms. The van der Waals surface area contributed by atoms with Gasteiger partial charge in [0, 0.05) is 29.9 Å². The summed E-state index contributed by atoms with van der Waals surface area (Å²) in [6.07, 6.45) is 3.30. The zero-order valence-corrected chi connectivity index (χ0v) is 15.4. The number of amides is 3. The third-order valence-electron chi connectivity index (χ3n) is 6.24. The summed E-state index contributed by atoms with van der Waals surface area (Å²) < 4.78 is 12.0. The van der Waals surface area contributed by atoms with Crippen molar-refractivity contribution in [2.75, 3.05) is 6.61 Å². The Hall–Kier alpha value is -2.75. The van der Waals surface area contributed by atoms with Gasteiger partial charge in [0.15, 0.2) is 0 Å². The molecule has 2 saturated carbocycles. The van der Waals surface area contributed by atoms with Gasteiger partial charge in [0.25, 0.3) is 5.91 Å². The second kappa shape index (κ2) is 5.16. The highest BCUT2D eigenvalue weighted by Gasteiger charge is 2.54. The Kier molecular flexibility index (Phi) is 3.14. The molecule has 0 radical (unpaired) electrons. The van der Waals surface area contributed by atoms with Gasteiger partial charge in [0.2, 0.25) is 0 Å². The maximum absolute atomic E-state index is 12.4. The van der Waals surface area contributed by atoms with Gasteiger partial charge in [-0.3, -0.25) is 9.69 Å². The topological polar surface area (TPSA) is 91.7 Å². The predicted molar refractivity (Wildman–Crippen MR) is 94.5 cm³/mol. The van der Waals surface area contributed by atoms with Crippen LogP contribution in [0.1, 0.15) is 50.7 Å². The van der Waals surface area contributed by atoms with E-state index in [9.17, 15) is 14.9 Å². The van der Waals surface area contributed by atoms with Crippen LogP contribution in [0.15, 0.2) is 12.1 Å². The molecule has 7 nitrogen and oxygen atoms in total. The molecular weight excluding hydrogens is 346 g/mol. The van der Waals surface area contributed by atoms with Crippen LogP contribution in [0, 0.1) is 11.3 Å². The van der Waals surface area contributed by atoms with Crippen molar-refractivity contribution in [3.63, 3.8) is 0 Å². The van der Waals surface area contributed by atoms with Crippen molar-refractivity contribution < 1.29 is 19.1 Å². The fourth-order valence-corrected chi connectivity index (χ4v) is 4.36. The van der Waals surface area contributed by atoms with Crippen molar-refractivity contribution in [3.05, 3.63) is 23.3 Å². The molecule has 1 N–H and O–H groups in total. The van der Waals surface area contributed by atoms with E-state index >= 15 is 0 Å². The van der Waals surface area contributed by atoms with E-state index in [1.165, 1.54) is 4.90 Å². The van der Waals surface area contributed by atoms with Crippen molar-refractivity contribution in [2.24, 2.45) is 0 Å². The van der Waals surface area contributed by atoms with Crippen LogP contribution in [-0.2, 0) is 10.2 Å². The first-order valence-electron chi connectivity index (χ1n) is 9.37. The number of rotatable bonds is 3. The number of fused-ring (bicyclic) bond motifs is 2. The van der Waals surface area contributed by atoms with Crippen LogP contribution in [-0.4, -0.2) is 41.1 Å². The number of imide groups is 1. The minimum Gasteiger partial charge on any atom is -0.491 e. The van der Waals surface area contributed by atoms with E-state index in [1.54, 1.807) is 19.9 Å². The van der Waals surface area contributed by atoms with Gasteiger partial charge in [-0.1, -0.05) is 0 Å². The summed E-state index contributed by atoms with van der Waals surface area (Å²) in [5.41, 5.74) is 0.748. The third-order valence-corrected chi connectivity index (χ3v) is 6.24. The summed E-state index contributed by atoms with van der Waals surface area (Å²) in [7, 11) is 0. The molecule has 1 aromatic carbocycles. The van der Waals surface area contributed by atoms with Gasteiger partial charge in [-0.15, -0.1) is 0 Å². The lowest BCUT2D eigenvalue weighted by molar-refractivity contribution is -0.134. The average molecular weight is 367 g/mol. The largest absolute Gasteiger partial charge is 0.491 e. The smallest absolute Gasteiger partial charge is 0.325 e. The van der Waals surface area contributed by atoms with Gasteiger partial charge < -0.3 is 14.8 Å². The number of benzene rings is 1. The highest BCUT2D eigenvalue weighted by Crippen LogP contribution is 2.59. The summed E-state index contributed by atoms with van der Waals surface area (Å²) in [5, 5.41) is 12.0. The molecule has 0 atom stereocenters. The molecule has 0 bridgehead atoms. The molecule has 1 aromatic rings. The van der Waals surface area contributed by atoms with Crippen molar-refractivity contribution in [2.45, 2.75) is 62.6 Å². The fourth-order valence-electron chi connectivity index (χ4n) is 4.36. The van der Waals surface area contributed by atoms with E-state index in [2.05, 4.69) is 11.4 Å². The number of hydrogen-bond acceptors (Lipinski definition) is 5. The van der Waals surface area contributed by atoms with E-state index in [1.807, 2.05) is 6.07 Å². The lowest BCUT2D eigenvalue weighted by Crippen LogP contribution is -2.52. The molecule has 1 saturated heterocycles. The van der Waals surface area contributed by atoms with E-state index in [0.29, 0.717) is 30.8 Å². The maximum Gasteiger partial charge on any atom is 0.325 e. The van der Waals surface area contributed by atoms with Crippen LogP contribution in [0.2, 0.25) is 0 Å². The van der Waals surface area contributed by atoms with Gasteiger partial charge in [0.05, 0.1) is 12.2 Å². The summed E-state index contributed by atoms with van der Waals surface area (Å²) in [4.78, 5) is 25.9. The number of nitrogens with one attached hydrogen (secondary N) is 1. The second-order valence-electron chi connectivity index (χ2n) is 8.59. The zero-order chi connectivity index (χ0) is 19.0. The molecule has 2 aliphatic carbocycles. The van der Waals surface area contributed by atoms with Gasteiger partial charge in [-0.05, 0) is 38.8 Å². The summed E-state index contributed by atoms with van der Waals surface area (Å²) in [6, 6.07) is 5.35. The number of nitriles is 1. The minimum absolute atomic E-state index is 0.00943. The first kappa shape index (κ1) is 16.4. The van der Waals surface area contributed by atoms with E-state index in [4.69, 9.17) is 9.47 Å². The van der Waals surface area contributed by atoms with Crippen molar-refractivity contribution in [1.29, 1.82) is 5.26 Å². The molecule has 140 valence electrons. The molecule has 0 aromatic heterocycles. The predicted octanol–water partition coefficient (Wildman–Crippen LogP) is 2.22. The Morgan fingerprint density at radius 1 is 1.30 bits per heavy atom. The number of ether oxygens (including phenoxy) is 2. The lowest BCUT2D eigenvalue weighted by atomic mass is 9.87. The molecule has 7 heteroatoms. The number of urea groups is 1. The van der Waals surface area contributed by atoms with Crippen LogP contribution < -0.4 is 14.8 Å². The summed E-state index contributed by atoms with van der Waals surface area (Å²) in [5.74, 6) is 1.26. The number of nitrogens with zero attached hydrogens (tertiary/aromatic N) is 2. The standard InChI is InChI=1S/C20H21N3O4/c1-19(2)17(24)23(18(25)22-19)12-7-13(8-12)27-14-4-3-11(9-21)16-15(14)20(5-6-20)10-26-16/h3-4,12-13H,5-8,10H2,1-2H3,(H,22,25)/t12-,13-. The molecule has 27 heavy (non-hydrogen) atoms. The lowest BCUT2D eigenvalue weighted by Gasteiger charge is -2.39. The molecule has 0 unspecified atom stereocenters. The van der Waals surface area contributed by atoms with Crippen LogP contribution in [0.5, 0.6) is 11.5 Å². The quantitative estimate of drug-likeness (QED) is 0.827. The average Bonchev–Trinajstić information content (AvgIpc) is 3.21. The summed E-state index contributed by atoms with van der Waals surface area (Å²) in [6.45, 7) is 4.05. The first-order chi connectivity index (χ1) is 12.8. The van der Waals surface area contributed by atoms with E-state index in [-0.39, 0.29) is 29.5 Å². The van der Waals surface area contributed by atoms with E-state index in [0.717, 1.165) is 24.2 Å². The van der Waals surface area contributed by atoms with Gasteiger partial charge in [0.1, 0.15) is 29.2 Å². The van der Waals surface area contributed by atoms with Crippen LogP contribution in [0.3, 0.4) is 0 Å². The fraction of sp³-hybridized carbons (Fsp3) is 0.550. The molecule has 3 fully saturated rings. The van der Waals surface area contributed by atoms with Gasteiger partial charge >= 0.3 is 6.03 Å². The minimum atomic E-state index is -0.841. The molecular formula is C20H21N3O4. The highest BCUT2D eigenvalue weighted by atomic mass is 16.5. The Morgan fingerprint density at radius 3 is 2.63 bits per heavy atom. The molecule has 2 heterocycles. The summed E-state index contributed by atoms with van der Waals surface area (Å²) >= 11 is 0. The van der Waals surface area contributed by atoms with Crippen LogP contribution in [0.25, 0.3) is 0 Å².